The number of aliphatic hydroxyl groups is 1. The largest absolute Gasteiger partial charge is 0.395 e. The molecule has 102 valence electrons. The van der Waals surface area contributed by atoms with Crippen LogP contribution in [0, 0.1) is 0 Å². The Labute approximate surface area is 109 Å². The van der Waals surface area contributed by atoms with E-state index in [1.54, 1.807) is 0 Å². The zero-order valence-electron chi connectivity index (χ0n) is 11.8. The van der Waals surface area contributed by atoms with E-state index in [2.05, 4.69) is 41.0 Å². The molecule has 0 spiro atoms. The van der Waals surface area contributed by atoms with Crippen LogP contribution in [0.5, 0.6) is 0 Å². The van der Waals surface area contributed by atoms with Crippen LogP contribution < -0.4 is 10.2 Å². The molecule has 0 radical (unpaired) electrons. The van der Waals surface area contributed by atoms with Crippen molar-refractivity contribution in [3.8, 4) is 0 Å². The molecule has 0 aliphatic carbocycles. The Morgan fingerprint density at radius 1 is 1.39 bits per heavy atom. The maximum absolute atomic E-state index is 9.15. The number of hydrogen-bond acceptors (Lipinski definition) is 5. The lowest BCUT2D eigenvalue weighted by Gasteiger charge is -2.27. The molecule has 0 amide bonds. The van der Waals surface area contributed by atoms with Crippen molar-refractivity contribution in [2.75, 3.05) is 30.4 Å². The summed E-state index contributed by atoms with van der Waals surface area (Å²) in [5.41, 5.74) is 0. The van der Waals surface area contributed by atoms with E-state index in [9.17, 15) is 0 Å². The normalized spacial score (nSPS) is 10.8. The molecular formula is C13H24N4O. The number of nitrogens with zero attached hydrogens (tertiary/aromatic N) is 3. The van der Waals surface area contributed by atoms with Crippen LogP contribution in [-0.4, -0.2) is 41.3 Å². The monoisotopic (exact) mass is 252 g/mol. The molecule has 18 heavy (non-hydrogen) atoms. The number of anilines is 2. The van der Waals surface area contributed by atoms with Crippen LogP contribution >= 0.6 is 0 Å². The molecule has 0 saturated heterocycles. The minimum absolute atomic E-state index is 0.125. The standard InChI is InChI=1S/C13H24N4O/c1-5-6-11-15-12(14-4)9-13(16-11)17(7-8-18)10(2)3/h9-10,18H,5-8H2,1-4H3,(H,14,15,16). The predicted octanol–water partition coefficient (Wildman–Crippen LogP) is 1.68. The van der Waals surface area contributed by atoms with Crippen LogP contribution in [0.25, 0.3) is 0 Å². The first-order valence-electron chi connectivity index (χ1n) is 6.55. The van der Waals surface area contributed by atoms with Crippen molar-refractivity contribution in [2.45, 2.75) is 39.7 Å². The Balaban J connectivity index is 3.07. The van der Waals surface area contributed by atoms with Gasteiger partial charge in [-0.3, -0.25) is 0 Å². The lowest BCUT2D eigenvalue weighted by Crippen LogP contribution is -2.34. The number of aliphatic hydroxyl groups excluding tert-OH is 1. The van der Waals surface area contributed by atoms with Crippen molar-refractivity contribution >= 4 is 11.6 Å². The summed E-state index contributed by atoms with van der Waals surface area (Å²) >= 11 is 0. The zero-order chi connectivity index (χ0) is 13.5. The van der Waals surface area contributed by atoms with Gasteiger partial charge in [0.25, 0.3) is 0 Å². The third-order valence-corrected chi connectivity index (χ3v) is 2.75. The number of hydrogen-bond donors (Lipinski definition) is 2. The molecule has 1 rings (SSSR count). The van der Waals surface area contributed by atoms with E-state index >= 15 is 0 Å². The summed E-state index contributed by atoms with van der Waals surface area (Å²) in [6.45, 7) is 7.01. The summed E-state index contributed by atoms with van der Waals surface area (Å²) in [4.78, 5) is 11.1. The van der Waals surface area contributed by atoms with Crippen molar-refractivity contribution in [3.05, 3.63) is 11.9 Å². The average Bonchev–Trinajstić information content (AvgIpc) is 2.35. The van der Waals surface area contributed by atoms with E-state index in [-0.39, 0.29) is 6.61 Å². The van der Waals surface area contributed by atoms with Crippen molar-refractivity contribution in [2.24, 2.45) is 0 Å². The molecule has 0 aliphatic heterocycles. The van der Waals surface area contributed by atoms with Gasteiger partial charge in [-0.2, -0.15) is 0 Å². The highest BCUT2D eigenvalue weighted by atomic mass is 16.3. The van der Waals surface area contributed by atoms with Crippen LogP contribution in [0.15, 0.2) is 6.07 Å². The van der Waals surface area contributed by atoms with Crippen molar-refractivity contribution in [1.82, 2.24) is 9.97 Å². The Morgan fingerprint density at radius 2 is 2.11 bits per heavy atom. The van der Waals surface area contributed by atoms with Crippen LogP contribution in [0.2, 0.25) is 0 Å². The zero-order valence-corrected chi connectivity index (χ0v) is 11.8. The summed E-state index contributed by atoms with van der Waals surface area (Å²) in [7, 11) is 1.85. The molecular weight excluding hydrogens is 228 g/mol. The SMILES string of the molecule is CCCc1nc(NC)cc(N(CCO)C(C)C)n1. The highest BCUT2D eigenvalue weighted by molar-refractivity contribution is 5.49. The van der Waals surface area contributed by atoms with Crippen molar-refractivity contribution in [1.29, 1.82) is 0 Å². The quantitative estimate of drug-likeness (QED) is 0.773. The first-order valence-corrected chi connectivity index (χ1v) is 6.55. The van der Waals surface area contributed by atoms with Gasteiger partial charge < -0.3 is 15.3 Å². The van der Waals surface area contributed by atoms with Gasteiger partial charge in [-0.1, -0.05) is 6.92 Å². The van der Waals surface area contributed by atoms with E-state index in [0.29, 0.717) is 12.6 Å². The second-order valence-electron chi connectivity index (χ2n) is 4.54. The molecule has 0 saturated carbocycles. The molecule has 0 fully saturated rings. The molecule has 2 N–H and O–H groups in total. The van der Waals surface area contributed by atoms with E-state index in [4.69, 9.17) is 5.11 Å². The molecule has 1 aromatic heterocycles. The molecule has 1 heterocycles. The minimum atomic E-state index is 0.125. The van der Waals surface area contributed by atoms with Gasteiger partial charge in [0.2, 0.25) is 0 Å². The third-order valence-electron chi connectivity index (χ3n) is 2.75. The average molecular weight is 252 g/mol. The number of nitrogens with one attached hydrogen (secondary N) is 1. The second kappa shape index (κ2) is 7.16. The maximum atomic E-state index is 9.15. The smallest absolute Gasteiger partial charge is 0.134 e. The Morgan fingerprint density at radius 3 is 2.61 bits per heavy atom. The fraction of sp³-hybridized carbons (Fsp3) is 0.692. The second-order valence-corrected chi connectivity index (χ2v) is 4.54. The van der Waals surface area contributed by atoms with Crippen molar-refractivity contribution < 1.29 is 5.11 Å². The van der Waals surface area contributed by atoms with E-state index < -0.39 is 0 Å². The highest BCUT2D eigenvalue weighted by Gasteiger charge is 2.13. The first kappa shape index (κ1) is 14.7. The number of rotatable bonds is 7. The molecule has 0 aromatic carbocycles. The molecule has 0 atom stereocenters. The summed E-state index contributed by atoms with van der Waals surface area (Å²) in [5, 5.41) is 12.2. The van der Waals surface area contributed by atoms with E-state index in [0.717, 1.165) is 30.3 Å². The van der Waals surface area contributed by atoms with Gasteiger partial charge in [0.05, 0.1) is 6.61 Å². The van der Waals surface area contributed by atoms with Crippen molar-refractivity contribution in [3.63, 3.8) is 0 Å². The van der Waals surface area contributed by atoms with Gasteiger partial charge in [-0.15, -0.1) is 0 Å². The Kier molecular flexibility index (Phi) is 5.85. The minimum Gasteiger partial charge on any atom is -0.395 e. The fourth-order valence-corrected chi connectivity index (χ4v) is 1.84. The van der Waals surface area contributed by atoms with Crippen LogP contribution in [0.4, 0.5) is 11.6 Å². The van der Waals surface area contributed by atoms with Gasteiger partial charge >= 0.3 is 0 Å². The molecule has 0 bridgehead atoms. The van der Waals surface area contributed by atoms with Gasteiger partial charge in [-0.25, -0.2) is 9.97 Å². The third kappa shape index (κ3) is 3.84. The van der Waals surface area contributed by atoms with Gasteiger partial charge in [0, 0.05) is 32.1 Å². The Hall–Kier alpha value is -1.36. The summed E-state index contributed by atoms with van der Waals surface area (Å²) < 4.78 is 0. The lowest BCUT2D eigenvalue weighted by atomic mass is 10.3. The predicted molar refractivity (Wildman–Crippen MR) is 75.1 cm³/mol. The highest BCUT2D eigenvalue weighted by Crippen LogP contribution is 2.18. The molecule has 1 aromatic rings. The Bertz CT molecular complexity index is 368. The summed E-state index contributed by atoms with van der Waals surface area (Å²) in [6, 6.07) is 2.22. The summed E-state index contributed by atoms with van der Waals surface area (Å²) in [6.07, 6.45) is 1.89. The maximum Gasteiger partial charge on any atom is 0.134 e. The molecule has 0 aliphatic rings. The summed E-state index contributed by atoms with van der Waals surface area (Å²) in [5.74, 6) is 2.55. The van der Waals surface area contributed by atoms with E-state index in [1.165, 1.54) is 0 Å². The molecule has 0 unspecified atom stereocenters. The van der Waals surface area contributed by atoms with Crippen LogP contribution in [0.1, 0.15) is 33.0 Å². The van der Waals surface area contributed by atoms with Crippen LogP contribution in [0.3, 0.4) is 0 Å². The topological polar surface area (TPSA) is 61.3 Å². The first-order chi connectivity index (χ1) is 8.62. The van der Waals surface area contributed by atoms with E-state index in [1.807, 2.05) is 13.1 Å². The number of aryl methyl sites for hydroxylation is 1. The van der Waals surface area contributed by atoms with Gasteiger partial charge in [0.1, 0.15) is 17.5 Å². The lowest BCUT2D eigenvalue weighted by molar-refractivity contribution is 0.298. The van der Waals surface area contributed by atoms with Gasteiger partial charge in [-0.05, 0) is 20.3 Å². The van der Waals surface area contributed by atoms with Crippen LogP contribution in [-0.2, 0) is 6.42 Å². The van der Waals surface area contributed by atoms with Gasteiger partial charge in [0.15, 0.2) is 0 Å². The number of aromatic nitrogens is 2. The fourth-order valence-electron chi connectivity index (χ4n) is 1.84. The molecule has 5 nitrogen and oxygen atoms in total. The molecule has 5 heteroatoms.